The highest BCUT2D eigenvalue weighted by Crippen LogP contribution is 2.26. The minimum Gasteiger partial charge on any atom is -0.338 e. The molecule has 0 bridgehead atoms. The van der Waals surface area contributed by atoms with Gasteiger partial charge in [0.1, 0.15) is 5.82 Å². The number of amides is 3. The van der Waals surface area contributed by atoms with E-state index in [0.717, 1.165) is 72.4 Å². The van der Waals surface area contributed by atoms with Gasteiger partial charge in [0.2, 0.25) is 5.91 Å². The Labute approximate surface area is 219 Å². The number of hydrogen-bond donors (Lipinski definition) is 2. The average molecular weight is 500 g/mol. The summed E-state index contributed by atoms with van der Waals surface area (Å²) in [7, 11) is 0. The van der Waals surface area contributed by atoms with Gasteiger partial charge >= 0.3 is 6.03 Å². The van der Waals surface area contributed by atoms with E-state index in [1.807, 2.05) is 42.2 Å². The second-order valence-corrected chi connectivity index (χ2v) is 9.61. The number of anilines is 2. The van der Waals surface area contributed by atoms with Crippen molar-refractivity contribution < 1.29 is 9.59 Å². The molecule has 0 saturated heterocycles. The lowest BCUT2D eigenvalue weighted by atomic mass is 9.99. The average Bonchev–Trinajstić information content (AvgIpc) is 3.28. The van der Waals surface area contributed by atoms with Crippen LogP contribution < -0.4 is 10.6 Å². The molecule has 1 aliphatic rings. The number of carbonyl (C=O) groups excluding carboxylic acids is 2. The van der Waals surface area contributed by atoms with Crippen LogP contribution in [0.15, 0.2) is 48.5 Å². The van der Waals surface area contributed by atoms with Gasteiger partial charge in [-0.25, -0.2) is 9.48 Å². The summed E-state index contributed by atoms with van der Waals surface area (Å²) in [5, 5.41) is 10.9. The van der Waals surface area contributed by atoms with E-state index in [4.69, 9.17) is 5.10 Å². The standard InChI is InChI=1S/C30H37N5O2/c1-5-7-11-25-19-29(32-30(37)31-28-13-9-10-21(3)27(28)12-8-6-2)35(33-25)26-15-14-23-16-17-34(22(4)36)20-24(23)18-26/h8-10,12-15,18-19H,5-7,11,16-17,20H2,1-4H3,(H2,31,32,37)/b12-8-. The third kappa shape index (κ3) is 6.28. The summed E-state index contributed by atoms with van der Waals surface area (Å²) in [6.07, 6.45) is 8.83. The summed E-state index contributed by atoms with van der Waals surface area (Å²) in [4.78, 5) is 27.0. The zero-order chi connectivity index (χ0) is 26.4. The van der Waals surface area contributed by atoms with Crippen LogP contribution in [0.3, 0.4) is 0 Å². The van der Waals surface area contributed by atoms with Gasteiger partial charge in [0.05, 0.1) is 11.4 Å². The van der Waals surface area contributed by atoms with Gasteiger partial charge in [-0.3, -0.25) is 10.1 Å². The molecular formula is C30H37N5O2. The van der Waals surface area contributed by atoms with E-state index in [-0.39, 0.29) is 11.9 Å². The molecule has 7 nitrogen and oxygen atoms in total. The highest BCUT2D eigenvalue weighted by Gasteiger charge is 2.20. The van der Waals surface area contributed by atoms with E-state index >= 15 is 0 Å². The topological polar surface area (TPSA) is 79.3 Å². The van der Waals surface area contributed by atoms with Crippen molar-refractivity contribution in [3.63, 3.8) is 0 Å². The summed E-state index contributed by atoms with van der Waals surface area (Å²) in [6.45, 7) is 9.22. The molecule has 1 aromatic heterocycles. The highest BCUT2D eigenvalue weighted by molar-refractivity contribution is 6.01. The number of fused-ring (bicyclic) bond motifs is 1. The predicted octanol–water partition coefficient (Wildman–Crippen LogP) is 6.50. The lowest BCUT2D eigenvalue weighted by Gasteiger charge is -2.28. The predicted molar refractivity (Wildman–Crippen MR) is 150 cm³/mol. The van der Waals surface area contributed by atoms with Crippen LogP contribution in [0.5, 0.6) is 0 Å². The molecule has 2 aromatic carbocycles. The van der Waals surface area contributed by atoms with Gasteiger partial charge in [-0.1, -0.05) is 50.6 Å². The van der Waals surface area contributed by atoms with Crippen molar-refractivity contribution in [1.82, 2.24) is 14.7 Å². The van der Waals surface area contributed by atoms with E-state index in [0.29, 0.717) is 12.4 Å². The summed E-state index contributed by atoms with van der Waals surface area (Å²) in [5.41, 5.74) is 7.03. The molecule has 0 saturated carbocycles. The van der Waals surface area contributed by atoms with Crippen molar-refractivity contribution in [3.8, 4) is 5.69 Å². The molecule has 0 atom stereocenters. The van der Waals surface area contributed by atoms with Crippen LogP contribution in [-0.2, 0) is 24.2 Å². The molecule has 2 N–H and O–H groups in total. The SMILES string of the molecule is CC/C=C\c1c(C)cccc1NC(=O)Nc1cc(CCCC)nn1-c1ccc2c(c1)CN(C(C)=O)CC2. The van der Waals surface area contributed by atoms with Gasteiger partial charge < -0.3 is 10.2 Å². The number of carbonyl (C=O) groups is 2. The highest BCUT2D eigenvalue weighted by atomic mass is 16.2. The van der Waals surface area contributed by atoms with Gasteiger partial charge in [0, 0.05) is 37.3 Å². The lowest BCUT2D eigenvalue weighted by molar-refractivity contribution is -0.129. The summed E-state index contributed by atoms with van der Waals surface area (Å²) in [6, 6.07) is 13.8. The lowest BCUT2D eigenvalue weighted by Crippen LogP contribution is -2.34. The largest absolute Gasteiger partial charge is 0.338 e. The maximum absolute atomic E-state index is 13.1. The van der Waals surface area contributed by atoms with Crippen LogP contribution in [0.4, 0.5) is 16.3 Å². The Morgan fingerprint density at radius 2 is 1.92 bits per heavy atom. The number of hydrogen-bond acceptors (Lipinski definition) is 3. The minimum absolute atomic E-state index is 0.0836. The van der Waals surface area contributed by atoms with Gasteiger partial charge in [-0.05, 0) is 67.5 Å². The Kier molecular flexibility index (Phi) is 8.43. The number of allylic oxidation sites excluding steroid dienone is 1. The van der Waals surface area contributed by atoms with E-state index in [2.05, 4.69) is 48.8 Å². The second kappa shape index (κ2) is 11.9. The van der Waals surface area contributed by atoms with E-state index in [1.54, 1.807) is 11.6 Å². The van der Waals surface area contributed by atoms with Crippen molar-refractivity contribution in [2.45, 2.75) is 66.3 Å². The third-order valence-electron chi connectivity index (χ3n) is 6.77. The number of nitrogens with one attached hydrogen (secondary N) is 2. The van der Waals surface area contributed by atoms with Crippen molar-refractivity contribution >= 4 is 29.5 Å². The number of aromatic nitrogens is 2. The maximum Gasteiger partial charge on any atom is 0.324 e. The molecule has 0 aliphatic carbocycles. The van der Waals surface area contributed by atoms with Crippen LogP contribution >= 0.6 is 0 Å². The normalized spacial score (nSPS) is 13.0. The van der Waals surface area contributed by atoms with Gasteiger partial charge in [-0.2, -0.15) is 5.10 Å². The van der Waals surface area contributed by atoms with E-state index < -0.39 is 0 Å². The molecule has 194 valence electrons. The molecule has 0 unspecified atom stereocenters. The molecule has 0 spiro atoms. The first-order chi connectivity index (χ1) is 17.9. The first-order valence-electron chi connectivity index (χ1n) is 13.2. The van der Waals surface area contributed by atoms with E-state index in [1.165, 1.54) is 5.56 Å². The number of nitrogens with zero attached hydrogens (tertiary/aromatic N) is 3. The van der Waals surface area contributed by atoms with Crippen LogP contribution in [0, 0.1) is 6.92 Å². The van der Waals surface area contributed by atoms with Crippen LogP contribution in [0.1, 0.15) is 68.0 Å². The Morgan fingerprint density at radius 1 is 1.08 bits per heavy atom. The molecule has 4 rings (SSSR count). The Hall–Kier alpha value is -3.87. The number of aryl methyl sites for hydroxylation is 2. The quantitative estimate of drug-likeness (QED) is 0.371. The Morgan fingerprint density at radius 3 is 2.68 bits per heavy atom. The van der Waals surface area contributed by atoms with Crippen molar-refractivity contribution in [2.75, 3.05) is 17.2 Å². The Balaban J connectivity index is 1.62. The van der Waals surface area contributed by atoms with Gasteiger partial charge in [0.25, 0.3) is 0 Å². The molecule has 0 fully saturated rings. The monoisotopic (exact) mass is 499 g/mol. The smallest absolute Gasteiger partial charge is 0.324 e. The summed E-state index contributed by atoms with van der Waals surface area (Å²) < 4.78 is 1.80. The summed E-state index contributed by atoms with van der Waals surface area (Å²) >= 11 is 0. The fourth-order valence-corrected chi connectivity index (χ4v) is 4.66. The number of benzene rings is 2. The van der Waals surface area contributed by atoms with Crippen LogP contribution in [0.2, 0.25) is 0 Å². The van der Waals surface area contributed by atoms with Gasteiger partial charge in [0.15, 0.2) is 0 Å². The number of rotatable bonds is 8. The van der Waals surface area contributed by atoms with Gasteiger partial charge in [-0.15, -0.1) is 0 Å². The van der Waals surface area contributed by atoms with Crippen molar-refractivity contribution in [2.24, 2.45) is 0 Å². The number of unbranched alkanes of at least 4 members (excludes halogenated alkanes) is 1. The van der Waals surface area contributed by atoms with Crippen molar-refractivity contribution in [1.29, 1.82) is 0 Å². The number of urea groups is 1. The molecule has 0 radical (unpaired) electrons. The minimum atomic E-state index is -0.319. The molecule has 7 heteroatoms. The first-order valence-corrected chi connectivity index (χ1v) is 13.2. The molecule has 2 heterocycles. The van der Waals surface area contributed by atoms with Crippen LogP contribution in [0.25, 0.3) is 11.8 Å². The fraction of sp³-hybridized carbons (Fsp3) is 0.367. The summed E-state index contributed by atoms with van der Waals surface area (Å²) in [5.74, 6) is 0.696. The molecule has 37 heavy (non-hydrogen) atoms. The van der Waals surface area contributed by atoms with Crippen LogP contribution in [-0.4, -0.2) is 33.2 Å². The first kappa shape index (κ1) is 26.2. The molecule has 3 amide bonds. The second-order valence-electron chi connectivity index (χ2n) is 9.61. The molecular weight excluding hydrogens is 462 g/mol. The zero-order valence-corrected chi connectivity index (χ0v) is 22.3. The van der Waals surface area contributed by atoms with E-state index in [9.17, 15) is 9.59 Å². The third-order valence-corrected chi connectivity index (χ3v) is 6.77. The Bertz CT molecular complexity index is 1310. The molecule has 1 aliphatic heterocycles. The maximum atomic E-state index is 13.1. The molecule has 3 aromatic rings. The fourth-order valence-electron chi connectivity index (χ4n) is 4.66. The zero-order valence-electron chi connectivity index (χ0n) is 22.3. The van der Waals surface area contributed by atoms with Crippen molar-refractivity contribution in [3.05, 3.63) is 76.5 Å².